The minimum Gasteiger partial charge on any atom is -0.496 e. The number of halogens is 1. The van der Waals surface area contributed by atoms with Crippen molar-refractivity contribution >= 4 is 27.3 Å². The molecule has 0 spiro atoms. The topological polar surface area (TPSA) is 60.2 Å². The average Bonchev–Trinajstić information content (AvgIpc) is 2.38. The monoisotopic (exact) mass is 307 g/mol. The fraction of sp³-hybridized carbons (Fsp3) is 0.154. The largest absolute Gasteiger partial charge is 0.496 e. The van der Waals surface area contributed by atoms with Gasteiger partial charge in [0.25, 0.3) is 0 Å². The molecule has 0 atom stereocenters. The molecule has 1 heterocycles. The first-order valence-corrected chi connectivity index (χ1v) is 6.26. The van der Waals surface area contributed by atoms with Crippen LogP contribution in [0.2, 0.25) is 0 Å². The van der Waals surface area contributed by atoms with Gasteiger partial charge in [-0.25, -0.2) is 0 Å². The average molecular weight is 308 g/mol. The van der Waals surface area contributed by atoms with Crippen LogP contribution >= 0.6 is 15.9 Å². The van der Waals surface area contributed by atoms with E-state index in [1.807, 2.05) is 24.3 Å². The maximum atomic E-state index is 5.87. The molecule has 0 saturated heterocycles. The van der Waals surface area contributed by atoms with E-state index in [2.05, 4.69) is 26.2 Å². The van der Waals surface area contributed by atoms with E-state index < -0.39 is 0 Å². The number of nitrogen functional groups attached to an aromatic ring is 1. The molecule has 0 saturated carbocycles. The van der Waals surface area contributed by atoms with Crippen molar-refractivity contribution in [3.8, 4) is 5.75 Å². The first kappa shape index (κ1) is 12.7. The van der Waals surface area contributed by atoms with Crippen molar-refractivity contribution in [2.75, 3.05) is 18.2 Å². The molecule has 0 amide bonds. The summed E-state index contributed by atoms with van der Waals surface area (Å²) in [4.78, 5) is 4.00. The quantitative estimate of drug-likeness (QED) is 0.911. The van der Waals surface area contributed by atoms with Crippen LogP contribution in [0.5, 0.6) is 5.75 Å². The molecule has 0 unspecified atom stereocenters. The number of anilines is 2. The Kier molecular flexibility index (Phi) is 4.04. The number of pyridine rings is 1. The van der Waals surface area contributed by atoms with Crippen molar-refractivity contribution in [3.05, 3.63) is 46.7 Å². The SMILES string of the molecule is COc1ccccc1CNc1c(N)cncc1Br. The van der Waals surface area contributed by atoms with Gasteiger partial charge < -0.3 is 15.8 Å². The molecular formula is C13H14BrN3O. The number of rotatable bonds is 4. The molecule has 18 heavy (non-hydrogen) atoms. The lowest BCUT2D eigenvalue weighted by atomic mass is 10.2. The van der Waals surface area contributed by atoms with Gasteiger partial charge in [-0.1, -0.05) is 18.2 Å². The van der Waals surface area contributed by atoms with Gasteiger partial charge in [-0.2, -0.15) is 0 Å². The molecule has 3 N–H and O–H groups in total. The third-order valence-corrected chi connectivity index (χ3v) is 3.18. The second kappa shape index (κ2) is 5.73. The molecule has 0 radical (unpaired) electrons. The summed E-state index contributed by atoms with van der Waals surface area (Å²) in [5.41, 5.74) is 8.40. The molecule has 1 aromatic heterocycles. The van der Waals surface area contributed by atoms with Gasteiger partial charge in [0.15, 0.2) is 0 Å². The zero-order valence-corrected chi connectivity index (χ0v) is 11.6. The summed E-state index contributed by atoms with van der Waals surface area (Å²) in [6.45, 7) is 0.636. The summed E-state index contributed by atoms with van der Waals surface area (Å²) in [7, 11) is 1.66. The van der Waals surface area contributed by atoms with Crippen LogP contribution < -0.4 is 15.8 Å². The van der Waals surface area contributed by atoms with Crippen molar-refractivity contribution < 1.29 is 4.74 Å². The molecule has 2 rings (SSSR count). The molecule has 2 aromatic rings. The second-order valence-corrected chi connectivity index (χ2v) is 4.61. The van der Waals surface area contributed by atoms with Gasteiger partial charge in [-0.15, -0.1) is 0 Å². The number of hydrogen-bond donors (Lipinski definition) is 2. The Bertz CT molecular complexity index is 525. The van der Waals surface area contributed by atoms with Crippen LogP contribution in [-0.2, 0) is 6.54 Å². The lowest BCUT2D eigenvalue weighted by molar-refractivity contribution is 0.410. The van der Waals surface area contributed by atoms with Gasteiger partial charge >= 0.3 is 0 Å². The summed E-state index contributed by atoms with van der Waals surface area (Å²) >= 11 is 3.42. The predicted octanol–water partition coefficient (Wildman–Crippen LogP) is 3.05. The van der Waals surface area contributed by atoms with E-state index in [0.29, 0.717) is 12.2 Å². The highest BCUT2D eigenvalue weighted by Crippen LogP contribution is 2.28. The number of nitrogens with one attached hydrogen (secondary N) is 1. The highest BCUT2D eigenvalue weighted by atomic mass is 79.9. The van der Waals surface area contributed by atoms with Crippen LogP contribution in [0.1, 0.15) is 5.56 Å². The van der Waals surface area contributed by atoms with E-state index in [9.17, 15) is 0 Å². The maximum absolute atomic E-state index is 5.87. The van der Waals surface area contributed by atoms with Crippen LogP contribution in [0.15, 0.2) is 41.1 Å². The predicted molar refractivity (Wildman–Crippen MR) is 76.7 cm³/mol. The van der Waals surface area contributed by atoms with Gasteiger partial charge in [0.05, 0.1) is 29.2 Å². The van der Waals surface area contributed by atoms with E-state index in [1.54, 1.807) is 19.5 Å². The van der Waals surface area contributed by atoms with E-state index in [4.69, 9.17) is 10.5 Å². The molecule has 1 aromatic carbocycles. The summed E-state index contributed by atoms with van der Waals surface area (Å²) in [5, 5.41) is 3.28. The third-order valence-electron chi connectivity index (χ3n) is 2.58. The van der Waals surface area contributed by atoms with Crippen LogP contribution in [0.3, 0.4) is 0 Å². The summed E-state index contributed by atoms with van der Waals surface area (Å²) < 4.78 is 6.14. The molecular weight excluding hydrogens is 294 g/mol. The van der Waals surface area contributed by atoms with E-state index in [-0.39, 0.29) is 0 Å². The number of para-hydroxylation sites is 1. The zero-order valence-electron chi connectivity index (χ0n) is 9.98. The molecule has 4 nitrogen and oxygen atoms in total. The number of aromatic nitrogens is 1. The Morgan fingerprint density at radius 3 is 2.83 bits per heavy atom. The van der Waals surface area contributed by atoms with Crippen molar-refractivity contribution in [1.29, 1.82) is 0 Å². The van der Waals surface area contributed by atoms with Crippen molar-refractivity contribution in [2.45, 2.75) is 6.54 Å². The van der Waals surface area contributed by atoms with Gasteiger partial charge in [0.2, 0.25) is 0 Å². The Morgan fingerprint density at radius 1 is 1.33 bits per heavy atom. The number of ether oxygens (including phenoxy) is 1. The summed E-state index contributed by atoms with van der Waals surface area (Å²) in [6, 6.07) is 7.86. The Hall–Kier alpha value is -1.75. The molecule has 94 valence electrons. The lowest BCUT2D eigenvalue weighted by Crippen LogP contribution is -2.05. The van der Waals surface area contributed by atoms with E-state index >= 15 is 0 Å². The molecule has 0 aliphatic heterocycles. The second-order valence-electron chi connectivity index (χ2n) is 3.75. The summed E-state index contributed by atoms with van der Waals surface area (Å²) in [5.74, 6) is 0.855. The van der Waals surface area contributed by atoms with Crippen LogP contribution in [0.25, 0.3) is 0 Å². The first-order chi connectivity index (χ1) is 8.72. The zero-order chi connectivity index (χ0) is 13.0. The highest BCUT2D eigenvalue weighted by Gasteiger charge is 2.06. The number of hydrogen-bond acceptors (Lipinski definition) is 4. The molecule has 0 aliphatic carbocycles. The Balaban J connectivity index is 2.16. The van der Waals surface area contributed by atoms with E-state index in [1.165, 1.54) is 0 Å². The minimum atomic E-state index is 0.610. The molecule has 5 heteroatoms. The standard InChI is InChI=1S/C13H14BrN3O/c1-18-12-5-3-2-4-9(12)6-17-13-10(14)7-16-8-11(13)15/h2-5,7-8H,6,15H2,1H3,(H,16,17). The van der Waals surface area contributed by atoms with Gasteiger partial charge in [-0.05, 0) is 22.0 Å². The van der Waals surface area contributed by atoms with Gasteiger partial charge in [-0.3, -0.25) is 4.98 Å². The van der Waals surface area contributed by atoms with Crippen LogP contribution in [-0.4, -0.2) is 12.1 Å². The Labute approximate surface area is 114 Å². The number of methoxy groups -OCH3 is 1. The molecule has 0 bridgehead atoms. The molecule has 0 aliphatic rings. The highest BCUT2D eigenvalue weighted by molar-refractivity contribution is 9.10. The van der Waals surface area contributed by atoms with Crippen LogP contribution in [0.4, 0.5) is 11.4 Å². The molecule has 0 fully saturated rings. The number of benzene rings is 1. The van der Waals surface area contributed by atoms with Crippen molar-refractivity contribution in [1.82, 2.24) is 4.98 Å². The normalized spacial score (nSPS) is 10.1. The number of nitrogens with two attached hydrogens (primary N) is 1. The van der Waals surface area contributed by atoms with Crippen molar-refractivity contribution in [2.24, 2.45) is 0 Å². The van der Waals surface area contributed by atoms with Crippen molar-refractivity contribution in [3.63, 3.8) is 0 Å². The first-order valence-electron chi connectivity index (χ1n) is 5.47. The van der Waals surface area contributed by atoms with E-state index in [0.717, 1.165) is 21.5 Å². The maximum Gasteiger partial charge on any atom is 0.123 e. The van der Waals surface area contributed by atoms with Crippen LogP contribution in [0, 0.1) is 0 Å². The third kappa shape index (κ3) is 2.73. The smallest absolute Gasteiger partial charge is 0.123 e. The van der Waals surface area contributed by atoms with Gasteiger partial charge in [0, 0.05) is 18.3 Å². The Morgan fingerprint density at radius 2 is 2.11 bits per heavy atom. The fourth-order valence-corrected chi connectivity index (χ4v) is 2.16. The lowest BCUT2D eigenvalue weighted by Gasteiger charge is -2.13. The van der Waals surface area contributed by atoms with Gasteiger partial charge in [0.1, 0.15) is 5.75 Å². The summed E-state index contributed by atoms with van der Waals surface area (Å²) in [6.07, 6.45) is 3.33. The minimum absolute atomic E-state index is 0.610. The number of nitrogens with zero attached hydrogens (tertiary/aromatic N) is 1. The fourth-order valence-electron chi connectivity index (χ4n) is 1.67.